The van der Waals surface area contributed by atoms with Crippen LogP contribution in [0.3, 0.4) is 0 Å². The predicted molar refractivity (Wildman–Crippen MR) is 94.2 cm³/mol. The Bertz CT molecular complexity index is 750. The van der Waals surface area contributed by atoms with E-state index in [0.717, 1.165) is 40.9 Å². The minimum Gasteiger partial charge on any atom is -0.488 e. The third-order valence-corrected chi connectivity index (χ3v) is 5.54. The second-order valence-electron chi connectivity index (χ2n) is 5.76. The van der Waals surface area contributed by atoms with Crippen molar-refractivity contribution in [3.63, 3.8) is 0 Å². The number of piperidine rings is 1. The molecule has 0 unspecified atom stereocenters. The van der Waals surface area contributed by atoms with Gasteiger partial charge in [-0.15, -0.1) is 0 Å². The molecule has 0 amide bonds. The van der Waals surface area contributed by atoms with Gasteiger partial charge in [0.25, 0.3) is 0 Å². The summed E-state index contributed by atoms with van der Waals surface area (Å²) in [5, 5.41) is 4.77. The van der Waals surface area contributed by atoms with E-state index in [4.69, 9.17) is 27.9 Å². The molecule has 2 heterocycles. The molecule has 0 spiro atoms. The van der Waals surface area contributed by atoms with Gasteiger partial charge in [-0.2, -0.15) is 0 Å². The van der Waals surface area contributed by atoms with Gasteiger partial charge in [-0.05, 0) is 58.7 Å². The van der Waals surface area contributed by atoms with Crippen molar-refractivity contribution in [2.24, 2.45) is 0 Å². The van der Waals surface area contributed by atoms with Gasteiger partial charge in [0.15, 0.2) is 0 Å². The van der Waals surface area contributed by atoms with Crippen LogP contribution in [0.1, 0.15) is 17.9 Å². The number of ether oxygens (including phenoxy) is 1. The molecule has 2 aliphatic heterocycles. The number of benzene rings is 2. The van der Waals surface area contributed by atoms with Crippen molar-refractivity contribution in [3.05, 3.63) is 50.4 Å². The monoisotopic (exact) mass is 397 g/mol. The van der Waals surface area contributed by atoms with E-state index >= 15 is 0 Å². The molecule has 4 rings (SSSR count). The molecule has 2 aromatic rings. The summed E-state index contributed by atoms with van der Waals surface area (Å²) in [6.45, 7) is 1.98. The summed E-state index contributed by atoms with van der Waals surface area (Å²) in [6, 6.07) is 9.88. The van der Waals surface area contributed by atoms with Crippen molar-refractivity contribution in [2.75, 3.05) is 13.1 Å². The Hall–Kier alpha value is -0.740. The number of rotatable bonds is 1. The van der Waals surface area contributed by atoms with E-state index in [0.29, 0.717) is 16.0 Å². The van der Waals surface area contributed by atoms with Gasteiger partial charge in [0.2, 0.25) is 0 Å². The average molecular weight is 399 g/mol. The van der Waals surface area contributed by atoms with Crippen LogP contribution >= 0.6 is 39.1 Å². The molecular formula is C17H14BrCl2NO. The number of hydrogen-bond acceptors (Lipinski definition) is 2. The first-order valence-electron chi connectivity index (χ1n) is 7.30. The molecule has 0 bridgehead atoms. The molecule has 2 aliphatic rings. The number of nitrogens with one attached hydrogen (secondary N) is 1. The first-order valence-corrected chi connectivity index (χ1v) is 8.84. The fraction of sp³-hybridized carbons (Fsp3) is 0.294. The standard InChI is InChI=1S/C17H14BrCl2NO/c18-14-6-9(11-2-1-10(19)7-15(11)20)5-12-13-8-21-4-3-16(13)22-17(12)14/h1-2,5-7,13,16,21H,3-4,8H2/t13-,16-/m0/s1. The maximum absolute atomic E-state index is 6.36. The number of halogens is 3. The molecule has 1 N–H and O–H groups in total. The topological polar surface area (TPSA) is 21.3 Å². The lowest BCUT2D eigenvalue weighted by atomic mass is 9.89. The summed E-state index contributed by atoms with van der Waals surface area (Å²) in [5.74, 6) is 1.39. The van der Waals surface area contributed by atoms with Crippen molar-refractivity contribution in [1.29, 1.82) is 0 Å². The van der Waals surface area contributed by atoms with Gasteiger partial charge in [-0.1, -0.05) is 29.3 Å². The van der Waals surface area contributed by atoms with Crippen LogP contribution in [0, 0.1) is 0 Å². The summed E-state index contributed by atoms with van der Waals surface area (Å²) in [5.41, 5.74) is 3.33. The highest BCUT2D eigenvalue weighted by molar-refractivity contribution is 9.10. The van der Waals surface area contributed by atoms with E-state index in [1.54, 1.807) is 6.07 Å². The van der Waals surface area contributed by atoms with Gasteiger partial charge in [0, 0.05) is 33.6 Å². The van der Waals surface area contributed by atoms with Gasteiger partial charge in [0.1, 0.15) is 11.9 Å². The predicted octanol–water partition coefficient (Wildman–Crippen LogP) is 5.26. The minimum absolute atomic E-state index is 0.281. The zero-order chi connectivity index (χ0) is 15.3. The van der Waals surface area contributed by atoms with Crippen molar-refractivity contribution in [2.45, 2.75) is 18.4 Å². The maximum Gasteiger partial charge on any atom is 0.137 e. The van der Waals surface area contributed by atoms with Crippen molar-refractivity contribution >= 4 is 39.1 Å². The molecule has 2 aromatic carbocycles. The molecule has 114 valence electrons. The Balaban J connectivity index is 1.82. The molecule has 1 saturated heterocycles. The van der Waals surface area contributed by atoms with Gasteiger partial charge in [-0.3, -0.25) is 0 Å². The molecule has 1 fully saturated rings. The third kappa shape index (κ3) is 2.44. The Morgan fingerprint density at radius 1 is 1.18 bits per heavy atom. The largest absolute Gasteiger partial charge is 0.488 e. The van der Waals surface area contributed by atoms with Crippen LogP contribution in [-0.2, 0) is 0 Å². The van der Waals surface area contributed by atoms with Crippen molar-refractivity contribution in [1.82, 2.24) is 5.32 Å². The van der Waals surface area contributed by atoms with Gasteiger partial charge >= 0.3 is 0 Å². The average Bonchev–Trinajstić information content (AvgIpc) is 2.87. The molecule has 2 atom stereocenters. The fourth-order valence-electron chi connectivity index (χ4n) is 3.33. The van der Waals surface area contributed by atoms with E-state index in [2.05, 4.69) is 33.4 Å². The summed E-state index contributed by atoms with van der Waals surface area (Å²) in [6.07, 6.45) is 1.33. The van der Waals surface area contributed by atoms with Gasteiger partial charge < -0.3 is 10.1 Å². The summed E-state index contributed by atoms with van der Waals surface area (Å²) in [4.78, 5) is 0. The van der Waals surface area contributed by atoms with Crippen LogP contribution in [0.5, 0.6) is 5.75 Å². The van der Waals surface area contributed by atoms with Gasteiger partial charge in [-0.25, -0.2) is 0 Å². The van der Waals surface area contributed by atoms with E-state index in [1.807, 2.05) is 12.1 Å². The molecule has 0 saturated carbocycles. The van der Waals surface area contributed by atoms with Gasteiger partial charge in [0.05, 0.1) is 4.47 Å². The first kappa shape index (κ1) is 14.8. The molecule has 2 nitrogen and oxygen atoms in total. The Morgan fingerprint density at radius 2 is 2.05 bits per heavy atom. The summed E-state index contributed by atoms with van der Waals surface area (Å²) < 4.78 is 7.13. The molecule has 22 heavy (non-hydrogen) atoms. The number of hydrogen-bond donors (Lipinski definition) is 1. The highest BCUT2D eigenvalue weighted by Gasteiger charge is 2.37. The smallest absolute Gasteiger partial charge is 0.137 e. The SMILES string of the molecule is Clc1ccc(-c2cc(Br)c3c(c2)[C@@H]2CNCC[C@@H]2O3)c(Cl)c1. The van der Waals surface area contributed by atoms with Crippen LogP contribution < -0.4 is 10.1 Å². The van der Waals surface area contributed by atoms with E-state index in [9.17, 15) is 0 Å². The summed E-state index contributed by atoms with van der Waals surface area (Å²) >= 11 is 16.0. The second kappa shape index (κ2) is 5.72. The van der Waals surface area contributed by atoms with Crippen LogP contribution in [0.2, 0.25) is 10.0 Å². The zero-order valence-electron chi connectivity index (χ0n) is 11.7. The fourth-order valence-corrected chi connectivity index (χ4v) is 4.42. The Labute approximate surface area is 147 Å². The minimum atomic E-state index is 0.281. The lowest BCUT2D eigenvalue weighted by molar-refractivity contribution is 0.171. The van der Waals surface area contributed by atoms with E-state index in [1.165, 1.54) is 5.56 Å². The molecular weight excluding hydrogens is 385 g/mol. The quantitative estimate of drug-likeness (QED) is 0.707. The maximum atomic E-state index is 6.36. The van der Waals surface area contributed by atoms with Crippen LogP contribution in [0.25, 0.3) is 11.1 Å². The lowest BCUT2D eigenvalue weighted by Gasteiger charge is -2.24. The third-order valence-electron chi connectivity index (χ3n) is 4.40. The second-order valence-corrected chi connectivity index (χ2v) is 7.45. The van der Waals surface area contributed by atoms with Crippen LogP contribution in [-0.4, -0.2) is 19.2 Å². The molecule has 0 aromatic heterocycles. The Morgan fingerprint density at radius 3 is 2.86 bits per heavy atom. The zero-order valence-corrected chi connectivity index (χ0v) is 14.8. The molecule has 5 heteroatoms. The first-order chi connectivity index (χ1) is 10.6. The van der Waals surface area contributed by atoms with E-state index in [-0.39, 0.29) is 6.10 Å². The summed E-state index contributed by atoms with van der Waals surface area (Å²) in [7, 11) is 0. The van der Waals surface area contributed by atoms with Crippen molar-refractivity contribution in [3.8, 4) is 16.9 Å². The number of fused-ring (bicyclic) bond motifs is 3. The van der Waals surface area contributed by atoms with Crippen LogP contribution in [0.15, 0.2) is 34.8 Å². The van der Waals surface area contributed by atoms with Crippen molar-refractivity contribution < 1.29 is 4.74 Å². The molecule has 0 aliphatic carbocycles. The van der Waals surface area contributed by atoms with Crippen LogP contribution in [0.4, 0.5) is 0 Å². The highest BCUT2D eigenvalue weighted by Crippen LogP contribution is 2.47. The Kier molecular flexibility index (Phi) is 3.85. The lowest BCUT2D eigenvalue weighted by Crippen LogP contribution is -2.37. The highest BCUT2D eigenvalue weighted by atomic mass is 79.9. The van der Waals surface area contributed by atoms with E-state index < -0.39 is 0 Å². The molecule has 0 radical (unpaired) electrons. The normalized spacial score (nSPS) is 22.9.